The first-order chi connectivity index (χ1) is 8.87. The lowest BCUT2D eigenvalue weighted by Crippen LogP contribution is -2.29. The Morgan fingerprint density at radius 1 is 1.32 bits per heavy atom. The van der Waals surface area contributed by atoms with Crippen LogP contribution in [0.2, 0.25) is 0 Å². The predicted molar refractivity (Wildman–Crippen MR) is 76.0 cm³/mol. The fourth-order valence-electron chi connectivity index (χ4n) is 1.47. The van der Waals surface area contributed by atoms with Crippen molar-refractivity contribution in [1.29, 1.82) is 0 Å². The van der Waals surface area contributed by atoms with Gasteiger partial charge in [-0.1, -0.05) is 12.1 Å². The van der Waals surface area contributed by atoms with E-state index in [0.717, 1.165) is 5.75 Å². The van der Waals surface area contributed by atoms with Crippen LogP contribution in [-0.4, -0.2) is 49.4 Å². The van der Waals surface area contributed by atoms with E-state index in [2.05, 4.69) is 0 Å². The maximum atomic E-state index is 12.2. The van der Waals surface area contributed by atoms with Gasteiger partial charge in [0.15, 0.2) is 0 Å². The lowest BCUT2D eigenvalue weighted by molar-refractivity contribution is -0.136. The van der Waals surface area contributed by atoms with E-state index >= 15 is 0 Å². The predicted octanol–water partition coefficient (Wildman–Crippen LogP) is 1.30. The monoisotopic (exact) mass is 303 g/mol. The van der Waals surface area contributed by atoms with Gasteiger partial charge in [0.25, 0.3) is 0 Å². The molecule has 0 atom stereocenters. The van der Waals surface area contributed by atoms with Crippen molar-refractivity contribution < 1.29 is 18.3 Å². The van der Waals surface area contributed by atoms with Gasteiger partial charge in [0.05, 0.1) is 11.3 Å². The Kier molecular flexibility index (Phi) is 5.84. The van der Waals surface area contributed by atoms with Gasteiger partial charge < -0.3 is 5.11 Å². The fourth-order valence-corrected chi connectivity index (χ4v) is 3.22. The minimum absolute atomic E-state index is 0.108. The highest BCUT2D eigenvalue weighted by molar-refractivity contribution is 7.98. The van der Waals surface area contributed by atoms with Crippen molar-refractivity contribution in [3.05, 3.63) is 29.8 Å². The van der Waals surface area contributed by atoms with Gasteiger partial charge in [-0.2, -0.15) is 11.8 Å². The summed E-state index contributed by atoms with van der Waals surface area (Å²) in [6.45, 7) is 0.445. The lowest BCUT2D eigenvalue weighted by Gasteiger charge is -2.16. The van der Waals surface area contributed by atoms with Gasteiger partial charge in [-0.3, -0.25) is 4.79 Å². The molecule has 0 aliphatic heterocycles. The fraction of sp³-hybridized carbons (Fsp3) is 0.417. The molecule has 0 spiro atoms. The number of rotatable bonds is 7. The normalized spacial score (nSPS) is 11.7. The number of thioether (sulfide) groups is 1. The Labute approximate surface area is 117 Å². The van der Waals surface area contributed by atoms with Crippen LogP contribution in [0, 0.1) is 0 Å². The third kappa shape index (κ3) is 4.52. The van der Waals surface area contributed by atoms with Crippen LogP contribution in [0.3, 0.4) is 0 Å². The summed E-state index contributed by atoms with van der Waals surface area (Å²) < 4.78 is 25.6. The number of sulfonamides is 1. The smallest absolute Gasteiger partial charge is 0.307 e. The molecule has 5 nitrogen and oxygen atoms in total. The number of hydrogen-bond donors (Lipinski definition) is 1. The van der Waals surface area contributed by atoms with Gasteiger partial charge in [-0.05, 0) is 24.0 Å². The van der Waals surface area contributed by atoms with Crippen LogP contribution in [0.25, 0.3) is 0 Å². The second-order valence-electron chi connectivity index (χ2n) is 4.03. The second kappa shape index (κ2) is 6.93. The maximum absolute atomic E-state index is 12.2. The Bertz CT molecular complexity index is 525. The highest BCUT2D eigenvalue weighted by atomic mass is 32.2. The summed E-state index contributed by atoms with van der Waals surface area (Å²) in [4.78, 5) is 10.7. The summed E-state index contributed by atoms with van der Waals surface area (Å²) >= 11 is 1.58. The van der Waals surface area contributed by atoms with Crippen molar-refractivity contribution in [1.82, 2.24) is 4.31 Å². The van der Waals surface area contributed by atoms with Crippen LogP contribution in [-0.2, 0) is 21.2 Å². The molecule has 0 aliphatic carbocycles. The molecular formula is C12H17NO4S2. The van der Waals surface area contributed by atoms with Crippen LogP contribution < -0.4 is 0 Å². The average molecular weight is 303 g/mol. The molecule has 0 saturated carbocycles. The van der Waals surface area contributed by atoms with E-state index < -0.39 is 16.0 Å². The Balaban J connectivity index is 2.87. The first-order valence-electron chi connectivity index (χ1n) is 5.64. The van der Waals surface area contributed by atoms with Gasteiger partial charge in [0, 0.05) is 19.3 Å². The minimum atomic E-state index is -3.48. The number of nitrogens with zero attached hydrogens (tertiary/aromatic N) is 1. The topological polar surface area (TPSA) is 74.7 Å². The van der Waals surface area contributed by atoms with E-state index in [9.17, 15) is 13.2 Å². The zero-order chi connectivity index (χ0) is 14.5. The van der Waals surface area contributed by atoms with Gasteiger partial charge in [-0.15, -0.1) is 0 Å². The molecule has 0 aromatic heterocycles. The molecule has 106 valence electrons. The molecule has 1 rings (SSSR count). The van der Waals surface area contributed by atoms with Crippen molar-refractivity contribution in [2.24, 2.45) is 0 Å². The Morgan fingerprint density at radius 2 is 1.89 bits per heavy atom. The number of carbonyl (C=O) groups is 1. The van der Waals surface area contributed by atoms with Crippen molar-refractivity contribution in [2.45, 2.75) is 11.3 Å². The van der Waals surface area contributed by atoms with Crippen LogP contribution in [0.15, 0.2) is 29.2 Å². The first-order valence-corrected chi connectivity index (χ1v) is 8.47. The average Bonchev–Trinajstić information content (AvgIpc) is 2.35. The van der Waals surface area contributed by atoms with E-state index in [1.165, 1.54) is 35.6 Å². The SMILES string of the molecule is CSCCN(C)S(=O)(=O)c1ccc(CC(=O)O)cc1. The summed E-state index contributed by atoms with van der Waals surface area (Å²) in [5.74, 6) is -0.208. The van der Waals surface area contributed by atoms with Crippen LogP contribution in [0.4, 0.5) is 0 Å². The first kappa shape index (κ1) is 16.0. The molecular weight excluding hydrogens is 286 g/mol. The molecule has 0 aliphatic rings. The second-order valence-corrected chi connectivity index (χ2v) is 7.06. The van der Waals surface area contributed by atoms with E-state index in [4.69, 9.17) is 5.11 Å². The molecule has 0 radical (unpaired) electrons. The Morgan fingerprint density at radius 3 is 2.37 bits per heavy atom. The molecule has 0 amide bonds. The van der Waals surface area contributed by atoms with Crippen molar-refractivity contribution >= 4 is 27.8 Å². The largest absolute Gasteiger partial charge is 0.481 e. The van der Waals surface area contributed by atoms with Gasteiger partial charge >= 0.3 is 5.97 Å². The zero-order valence-corrected chi connectivity index (χ0v) is 12.5. The number of aliphatic carboxylic acids is 1. The summed E-state index contributed by atoms with van der Waals surface area (Å²) in [5, 5.41) is 8.65. The third-order valence-corrected chi connectivity index (χ3v) is 5.06. The summed E-state index contributed by atoms with van der Waals surface area (Å²) in [6, 6.07) is 5.96. The van der Waals surface area contributed by atoms with Crippen molar-refractivity contribution in [3.63, 3.8) is 0 Å². The number of carboxylic acid groups (broad SMARTS) is 1. The van der Waals surface area contributed by atoms with Gasteiger partial charge in [-0.25, -0.2) is 12.7 Å². The van der Waals surface area contributed by atoms with Gasteiger partial charge in [0.1, 0.15) is 0 Å². The quantitative estimate of drug-likeness (QED) is 0.821. The third-order valence-electron chi connectivity index (χ3n) is 2.60. The van der Waals surface area contributed by atoms with Crippen LogP contribution in [0.1, 0.15) is 5.56 Å². The molecule has 0 saturated heterocycles. The summed E-state index contributed by atoms with van der Waals surface area (Å²) in [5.41, 5.74) is 0.582. The molecule has 19 heavy (non-hydrogen) atoms. The van der Waals surface area contributed by atoms with Gasteiger partial charge in [0.2, 0.25) is 10.0 Å². The molecule has 0 bridgehead atoms. The minimum Gasteiger partial charge on any atom is -0.481 e. The molecule has 1 aromatic rings. The highest BCUT2D eigenvalue weighted by Gasteiger charge is 2.20. The van der Waals surface area contributed by atoms with E-state index in [-0.39, 0.29) is 11.3 Å². The molecule has 1 N–H and O–H groups in total. The number of benzene rings is 1. The molecule has 0 fully saturated rings. The Hall–Kier alpha value is -1.05. The molecule has 1 aromatic carbocycles. The standard InChI is InChI=1S/C12H17NO4S2/c1-13(7-8-18-2)19(16,17)11-5-3-10(4-6-11)9-12(14)15/h3-6H,7-9H2,1-2H3,(H,14,15). The zero-order valence-electron chi connectivity index (χ0n) is 10.9. The lowest BCUT2D eigenvalue weighted by atomic mass is 10.2. The van der Waals surface area contributed by atoms with E-state index in [0.29, 0.717) is 12.1 Å². The summed E-state index contributed by atoms with van der Waals surface area (Å²) in [6.07, 6.45) is 1.81. The maximum Gasteiger partial charge on any atom is 0.307 e. The van der Waals surface area contributed by atoms with Crippen LogP contribution >= 0.6 is 11.8 Å². The van der Waals surface area contributed by atoms with Crippen LogP contribution in [0.5, 0.6) is 0 Å². The molecule has 0 heterocycles. The van der Waals surface area contributed by atoms with E-state index in [1.807, 2.05) is 6.26 Å². The summed E-state index contributed by atoms with van der Waals surface area (Å²) in [7, 11) is -1.95. The van der Waals surface area contributed by atoms with Crippen molar-refractivity contribution in [3.8, 4) is 0 Å². The number of carboxylic acids is 1. The molecule has 7 heteroatoms. The molecule has 0 unspecified atom stereocenters. The van der Waals surface area contributed by atoms with E-state index in [1.54, 1.807) is 11.8 Å². The highest BCUT2D eigenvalue weighted by Crippen LogP contribution is 2.15. The number of hydrogen-bond acceptors (Lipinski definition) is 4. The van der Waals surface area contributed by atoms with Crippen molar-refractivity contribution in [2.75, 3.05) is 25.6 Å².